The van der Waals surface area contributed by atoms with Gasteiger partial charge in [-0.25, -0.2) is 0 Å². The normalized spacial score (nSPS) is 10.9. The van der Waals surface area contributed by atoms with Crippen molar-refractivity contribution in [2.45, 2.75) is 13.5 Å². The molecule has 5 rings (SSSR count). The van der Waals surface area contributed by atoms with Crippen LogP contribution in [0.2, 0.25) is 0 Å². The number of rotatable bonds is 6. The Labute approximate surface area is 197 Å². The Bertz CT molecular complexity index is 1490. The van der Waals surface area contributed by atoms with Gasteiger partial charge >= 0.3 is 0 Å². The number of hydrogen-bond donors (Lipinski definition) is 1. The number of benzene rings is 4. The van der Waals surface area contributed by atoms with E-state index >= 15 is 0 Å². The fourth-order valence-electron chi connectivity index (χ4n) is 4.04. The molecule has 0 aliphatic rings. The molecule has 0 aliphatic carbocycles. The molecular formula is C29H23N3O2. The monoisotopic (exact) mass is 445 g/mol. The van der Waals surface area contributed by atoms with E-state index in [1.54, 1.807) is 47.1 Å². The molecule has 0 fully saturated rings. The molecule has 0 atom stereocenters. The minimum absolute atomic E-state index is 0.188. The topological polar surface area (TPSA) is 64.0 Å². The van der Waals surface area contributed by atoms with Gasteiger partial charge in [0.25, 0.3) is 5.91 Å². The van der Waals surface area contributed by atoms with Gasteiger partial charge in [0.15, 0.2) is 11.6 Å². The summed E-state index contributed by atoms with van der Waals surface area (Å²) in [6.07, 6.45) is 1.83. The second-order valence-electron chi connectivity index (χ2n) is 8.23. The summed E-state index contributed by atoms with van der Waals surface area (Å²) >= 11 is 0. The number of fused-ring (bicyclic) bond motifs is 1. The van der Waals surface area contributed by atoms with Crippen LogP contribution in [0.5, 0.6) is 0 Å². The number of hydrogen-bond acceptors (Lipinski definition) is 3. The Morgan fingerprint density at radius 3 is 2.32 bits per heavy atom. The second-order valence-corrected chi connectivity index (χ2v) is 8.23. The molecule has 0 saturated carbocycles. The van der Waals surface area contributed by atoms with Gasteiger partial charge < -0.3 is 5.32 Å². The average molecular weight is 446 g/mol. The molecule has 0 spiro atoms. The number of nitrogens with zero attached hydrogens (tertiary/aromatic N) is 2. The van der Waals surface area contributed by atoms with Crippen LogP contribution in [0.3, 0.4) is 0 Å². The lowest BCUT2D eigenvalue weighted by atomic mass is 9.97. The highest BCUT2D eigenvalue weighted by atomic mass is 16.2. The van der Waals surface area contributed by atoms with Crippen molar-refractivity contribution in [3.8, 4) is 0 Å². The van der Waals surface area contributed by atoms with E-state index in [1.165, 1.54) is 10.8 Å². The lowest BCUT2D eigenvalue weighted by Crippen LogP contribution is -2.17. The number of carbonyl (C=O) groups excluding carboxylic acids is 2. The molecule has 0 aliphatic heterocycles. The van der Waals surface area contributed by atoms with E-state index in [0.717, 1.165) is 11.1 Å². The Hall–Kier alpha value is -4.51. The van der Waals surface area contributed by atoms with E-state index < -0.39 is 0 Å². The number of carbonyl (C=O) groups is 2. The maximum Gasteiger partial charge on any atom is 0.257 e. The van der Waals surface area contributed by atoms with Crippen molar-refractivity contribution in [1.82, 2.24) is 9.78 Å². The van der Waals surface area contributed by atoms with Crippen LogP contribution in [-0.4, -0.2) is 21.5 Å². The summed E-state index contributed by atoms with van der Waals surface area (Å²) in [5, 5.41) is 9.71. The van der Waals surface area contributed by atoms with Crippen LogP contribution in [0.1, 0.15) is 37.4 Å². The minimum Gasteiger partial charge on any atom is -0.305 e. The van der Waals surface area contributed by atoms with E-state index in [0.29, 0.717) is 29.1 Å². The summed E-state index contributed by atoms with van der Waals surface area (Å²) in [5.41, 5.74) is 3.44. The third-order valence-corrected chi connectivity index (χ3v) is 5.82. The number of amides is 1. The molecule has 1 aromatic heterocycles. The van der Waals surface area contributed by atoms with E-state index in [1.807, 2.05) is 43.5 Å². The lowest BCUT2D eigenvalue weighted by molar-refractivity contribution is 0.0996. The van der Waals surface area contributed by atoms with Crippen LogP contribution in [-0.2, 0) is 6.54 Å². The number of aromatic nitrogens is 2. The van der Waals surface area contributed by atoms with Gasteiger partial charge in [-0.3, -0.25) is 14.3 Å². The first-order valence-electron chi connectivity index (χ1n) is 11.1. The molecule has 5 nitrogen and oxygen atoms in total. The molecule has 1 amide bonds. The summed E-state index contributed by atoms with van der Waals surface area (Å²) in [7, 11) is 0. The zero-order chi connectivity index (χ0) is 23.5. The molecule has 0 unspecified atom stereocenters. The summed E-state index contributed by atoms with van der Waals surface area (Å²) in [6, 6.07) is 30.4. The molecule has 166 valence electrons. The van der Waals surface area contributed by atoms with Crippen LogP contribution in [0.4, 0.5) is 5.82 Å². The van der Waals surface area contributed by atoms with Crippen molar-refractivity contribution in [1.29, 1.82) is 0 Å². The molecule has 5 heteroatoms. The Balaban J connectivity index is 1.35. The van der Waals surface area contributed by atoms with Gasteiger partial charge in [0.2, 0.25) is 0 Å². The van der Waals surface area contributed by atoms with Crippen LogP contribution < -0.4 is 5.32 Å². The second kappa shape index (κ2) is 9.16. The minimum atomic E-state index is -0.369. The van der Waals surface area contributed by atoms with Crippen molar-refractivity contribution in [3.05, 3.63) is 131 Å². The number of ketones is 1. The van der Waals surface area contributed by atoms with Crippen molar-refractivity contribution in [2.24, 2.45) is 0 Å². The SMILES string of the molecule is Cc1ccc(C(=O)c2ccccc2C(=O)Nc2ccn(Cc3cccc4ccccc34)n2)cc1. The van der Waals surface area contributed by atoms with Gasteiger partial charge in [0.1, 0.15) is 0 Å². The molecule has 0 saturated heterocycles. The molecule has 1 heterocycles. The molecule has 5 aromatic rings. The maximum absolute atomic E-state index is 13.1. The summed E-state index contributed by atoms with van der Waals surface area (Å²) in [6.45, 7) is 2.55. The largest absolute Gasteiger partial charge is 0.305 e. The molecule has 0 radical (unpaired) electrons. The first-order valence-corrected chi connectivity index (χ1v) is 11.1. The van der Waals surface area contributed by atoms with Crippen molar-refractivity contribution < 1.29 is 9.59 Å². The summed E-state index contributed by atoms with van der Waals surface area (Å²) < 4.78 is 1.79. The zero-order valence-corrected chi connectivity index (χ0v) is 18.7. The predicted octanol–water partition coefficient (Wildman–Crippen LogP) is 5.88. The number of nitrogens with one attached hydrogen (secondary N) is 1. The molecule has 1 N–H and O–H groups in total. The van der Waals surface area contributed by atoms with Gasteiger partial charge in [0.05, 0.1) is 12.1 Å². The summed E-state index contributed by atoms with van der Waals surface area (Å²) in [5.74, 6) is -0.124. The third-order valence-electron chi connectivity index (χ3n) is 5.82. The Kier molecular flexibility index (Phi) is 5.75. The van der Waals surface area contributed by atoms with Gasteiger partial charge in [-0.2, -0.15) is 5.10 Å². The zero-order valence-electron chi connectivity index (χ0n) is 18.7. The average Bonchev–Trinajstić information content (AvgIpc) is 3.31. The smallest absolute Gasteiger partial charge is 0.257 e. The van der Waals surface area contributed by atoms with Crippen LogP contribution in [0, 0.1) is 6.92 Å². The van der Waals surface area contributed by atoms with Crippen molar-refractivity contribution in [2.75, 3.05) is 5.32 Å². The fraction of sp³-hybridized carbons (Fsp3) is 0.0690. The first kappa shape index (κ1) is 21.3. The van der Waals surface area contributed by atoms with E-state index in [9.17, 15) is 9.59 Å². The standard InChI is InChI=1S/C29H23N3O2/c1-20-13-15-22(16-14-20)28(33)25-11-4-5-12-26(25)29(34)30-27-17-18-32(31-27)19-23-9-6-8-21-7-2-3-10-24(21)23/h2-18H,19H2,1H3,(H,30,31,34). The molecule has 0 bridgehead atoms. The van der Waals surface area contributed by atoms with E-state index in [2.05, 4.69) is 34.7 Å². The van der Waals surface area contributed by atoms with Crippen molar-refractivity contribution in [3.63, 3.8) is 0 Å². The predicted molar refractivity (Wildman–Crippen MR) is 134 cm³/mol. The van der Waals surface area contributed by atoms with Gasteiger partial charge in [-0.05, 0) is 29.3 Å². The highest BCUT2D eigenvalue weighted by Crippen LogP contribution is 2.20. The van der Waals surface area contributed by atoms with Gasteiger partial charge in [-0.1, -0.05) is 90.5 Å². The van der Waals surface area contributed by atoms with E-state index in [4.69, 9.17) is 0 Å². The highest BCUT2D eigenvalue weighted by molar-refractivity contribution is 6.17. The Morgan fingerprint density at radius 1 is 0.794 bits per heavy atom. The molecule has 4 aromatic carbocycles. The Morgan fingerprint density at radius 2 is 1.50 bits per heavy atom. The van der Waals surface area contributed by atoms with Crippen molar-refractivity contribution >= 4 is 28.3 Å². The highest BCUT2D eigenvalue weighted by Gasteiger charge is 2.18. The summed E-state index contributed by atoms with van der Waals surface area (Å²) in [4.78, 5) is 26.1. The lowest BCUT2D eigenvalue weighted by Gasteiger charge is -2.09. The van der Waals surface area contributed by atoms with Gasteiger partial charge in [-0.15, -0.1) is 0 Å². The first-order chi connectivity index (χ1) is 16.6. The quantitative estimate of drug-likeness (QED) is 0.332. The maximum atomic E-state index is 13.1. The van der Waals surface area contributed by atoms with Crippen LogP contribution in [0.15, 0.2) is 103 Å². The van der Waals surface area contributed by atoms with Crippen LogP contribution in [0.25, 0.3) is 10.8 Å². The number of aryl methyl sites for hydroxylation is 1. The fourth-order valence-corrected chi connectivity index (χ4v) is 4.04. The van der Waals surface area contributed by atoms with Gasteiger partial charge in [0, 0.05) is 23.4 Å². The third kappa shape index (κ3) is 4.36. The molecule has 34 heavy (non-hydrogen) atoms. The number of anilines is 1. The molecular weight excluding hydrogens is 422 g/mol. The van der Waals surface area contributed by atoms with Crippen LogP contribution >= 0.6 is 0 Å². The van der Waals surface area contributed by atoms with E-state index in [-0.39, 0.29) is 11.7 Å².